The number of amides is 3. The summed E-state index contributed by atoms with van der Waals surface area (Å²) in [6.45, 7) is 3.69. The monoisotopic (exact) mass is 244 g/mol. The van der Waals surface area contributed by atoms with Crippen molar-refractivity contribution in [2.24, 2.45) is 5.73 Å². The Morgan fingerprint density at radius 2 is 2.29 bits per heavy atom. The SMILES string of the molecule is CNCC1CN(CCC(=O)NC(N)=O)CCO1. The zero-order chi connectivity index (χ0) is 12.7. The first-order valence-corrected chi connectivity index (χ1v) is 5.69. The van der Waals surface area contributed by atoms with E-state index in [1.807, 2.05) is 12.4 Å². The zero-order valence-corrected chi connectivity index (χ0v) is 10.1. The van der Waals surface area contributed by atoms with E-state index in [9.17, 15) is 9.59 Å². The summed E-state index contributed by atoms with van der Waals surface area (Å²) in [5, 5.41) is 5.11. The van der Waals surface area contributed by atoms with Gasteiger partial charge < -0.3 is 15.8 Å². The summed E-state index contributed by atoms with van der Waals surface area (Å²) < 4.78 is 5.54. The van der Waals surface area contributed by atoms with Gasteiger partial charge in [-0.15, -0.1) is 0 Å². The van der Waals surface area contributed by atoms with Crippen molar-refractivity contribution in [1.82, 2.24) is 15.5 Å². The number of urea groups is 1. The van der Waals surface area contributed by atoms with Crippen LogP contribution in [-0.2, 0) is 9.53 Å². The molecule has 1 unspecified atom stereocenters. The van der Waals surface area contributed by atoms with Crippen LogP contribution in [0.25, 0.3) is 0 Å². The normalized spacial score (nSPS) is 21.1. The van der Waals surface area contributed by atoms with Crippen LogP contribution in [-0.4, -0.2) is 62.8 Å². The first kappa shape index (κ1) is 13.9. The maximum absolute atomic E-state index is 11.2. The number of morpholine rings is 1. The van der Waals surface area contributed by atoms with Crippen molar-refractivity contribution >= 4 is 11.9 Å². The molecule has 1 aliphatic rings. The Kier molecular flexibility index (Phi) is 5.88. The Morgan fingerprint density at radius 3 is 2.94 bits per heavy atom. The van der Waals surface area contributed by atoms with Crippen molar-refractivity contribution in [2.75, 3.05) is 39.8 Å². The molecule has 17 heavy (non-hydrogen) atoms. The molecule has 0 aromatic rings. The Bertz CT molecular complexity index is 270. The number of hydrogen-bond acceptors (Lipinski definition) is 5. The third kappa shape index (κ3) is 5.62. The molecule has 1 atom stereocenters. The molecular weight excluding hydrogens is 224 g/mol. The molecule has 0 saturated carbocycles. The van der Waals surface area contributed by atoms with Crippen molar-refractivity contribution in [1.29, 1.82) is 0 Å². The first-order valence-electron chi connectivity index (χ1n) is 5.69. The third-order valence-corrected chi connectivity index (χ3v) is 2.57. The van der Waals surface area contributed by atoms with Crippen molar-refractivity contribution in [2.45, 2.75) is 12.5 Å². The Hall–Kier alpha value is -1.18. The van der Waals surface area contributed by atoms with Gasteiger partial charge in [0.25, 0.3) is 0 Å². The van der Waals surface area contributed by atoms with Crippen LogP contribution < -0.4 is 16.4 Å². The first-order chi connectivity index (χ1) is 8.11. The van der Waals surface area contributed by atoms with Crippen LogP contribution in [0.5, 0.6) is 0 Å². The quantitative estimate of drug-likeness (QED) is 0.546. The van der Waals surface area contributed by atoms with Crippen molar-refractivity contribution in [3.05, 3.63) is 0 Å². The molecule has 7 nitrogen and oxygen atoms in total. The fourth-order valence-electron chi connectivity index (χ4n) is 1.79. The zero-order valence-electron chi connectivity index (χ0n) is 10.1. The molecule has 0 bridgehead atoms. The molecule has 4 N–H and O–H groups in total. The predicted molar refractivity (Wildman–Crippen MR) is 62.4 cm³/mol. The standard InChI is InChI=1S/C10H20N4O3/c1-12-6-8-7-14(4-5-17-8)3-2-9(15)13-10(11)16/h8,12H,2-7H2,1H3,(H3,11,13,15,16). The molecule has 3 amide bonds. The number of rotatable bonds is 5. The number of ether oxygens (including phenoxy) is 1. The molecule has 1 rings (SSSR count). The summed E-state index contributed by atoms with van der Waals surface area (Å²) in [4.78, 5) is 23.8. The van der Waals surface area contributed by atoms with E-state index < -0.39 is 6.03 Å². The van der Waals surface area contributed by atoms with Gasteiger partial charge in [0.1, 0.15) is 0 Å². The number of likely N-dealkylation sites (N-methyl/N-ethyl adjacent to an activating group) is 1. The molecule has 1 heterocycles. The molecule has 0 aromatic heterocycles. The molecule has 98 valence electrons. The fraction of sp³-hybridized carbons (Fsp3) is 0.800. The van der Waals surface area contributed by atoms with Crippen LogP contribution >= 0.6 is 0 Å². The van der Waals surface area contributed by atoms with Crippen molar-refractivity contribution in [3.63, 3.8) is 0 Å². The lowest BCUT2D eigenvalue weighted by Gasteiger charge is -2.32. The number of nitrogens with zero attached hydrogens (tertiary/aromatic N) is 1. The number of nitrogens with one attached hydrogen (secondary N) is 2. The van der Waals surface area contributed by atoms with E-state index in [1.165, 1.54) is 0 Å². The third-order valence-electron chi connectivity index (χ3n) is 2.57. The van der Waals surface area contributed by atoms with Gasteiger partial charge in [0.15, 0.2) is 0 Å². The lowest BCUT2D eigenvalue weighted by atomic mass is 10.2. The lowest BCUT2D eigenvalue weighted by molar-refractivity contribution is -0.120. The van der Waals surface area contributed by atoms with Crippen molar-refractivity contribution in [3.8, 4) is 0 Å². The van der Waals surface area contributed by atoms with Gasteiger partial charge in [-0.1, -0.05) is 0 Å². The van der Waals surface area contributed by atoms with Gasteiger partial charge in [-0.3, -0.25) is 15.0 Å². The summed E-state index contributed by atoms with van der Waals surface area (Å²) in [6, 6.07) is -0.801. The van der Waals surface area contributed by atoms with E-state index >= 15 is 0 Å². The van der Waals surface area contributed by atoms with Gasteiger partial charge in [0, 0.05) is 32.6 Å². The fourth-order valence-corrected chi connectivity index (χ4v) is 1.79. The molecule has 0 radical (unpaired) electrons. The number of primary amides is 1. The van der Waals surface area contributed by atoms with Crippen LogP contribution in [0.4, 0.5) is 4.79 Å². The van der Waals surface area contributed by atoms with Crippen LogP contribution in [0.3, 0.4) is 0 Å². The van der Waals surface area contributed by atoms with E-state index in [1.54, 1.807) is 0 Å². The molecule has 0 aliphatic carbocycles. The van der Waals surface area contributed by atoms with Gasteiger partial charge in [0.2, 0.25) is 5.91 Å². The van der Waals surface area contributed by atoms with E-state index in [2.05, 4.69) is 10.2 Å². The van der Waals surface area contributed by atoms with Crippen LogP contribution in [0.1, 0.15) is 6.42 Å². The number of carbonyl (C=O) groups is 2. The Balaban J connectivity index is 2.22. The summed E-state index contributed by atoms with van der Waals surface area (Å²) in [5.74, 6) is -0.339. The Labute approximate surface area is 101 Å². The lowest BCUT2D eigenvalue weighted by Crippen LogP contribution is -2.47. The largest absolute Gasteiger partial charge is 0.374 e. The molecule has 1 aliphatic heterocycles. The van der Waals surface area contributed by atoms with Gasteiger partial charge >= 0.3 is 6.03 Å². The van der Waals surface area contributed by atoms with Crippen LogP contribution in [0, 0.1) is 0 Å². The summed E-state index contributed by atoms with van der Waals surface area (Å²) in [6.07, 6.45) is 0.433. The summed E-state index contributed by atoms with van der Waals surface area (Å²) in [5.41, 5.74) is 4.85. The molecular formula is C10H20N4O3. The van der Waals surface area contributed by atoms with Gasteiger partial charge in [-0.2, -0.15) is 0 Å². The molecule has 0 spiro atoms. The van der Waals surface area contributed by atoms with Gasteiger partial charge in [-0.25, -0.2) is 4.79 Å². The molecule has 1 saturated heterocycles. The van der Waals surface area contributed by atoms with E-state index in [0.717, 1.165) is 19.6 Å². The van der Waals surface area contributed by atoms with E-state index in [-0.39, 0.29) is 18.4 Å². The average molecular weight is 244 g/mol. The highest BCUT2D eigenvalue weighted by atomic mass is 16.5. The highest BCUT2D eigenvalue weighted by Gasteiger charge is 2.20. The van der Waals surface area contributed by atoms with Crippen LogP contribution in [0.2, 0.25) is 0 Å². The highest BCUT2D eigenvalue weighted by molar-refractivity contribution is 5.93. The molecule has 7 heteroatoms. The highest BCUT2D eigenvalue weighted by Crippen LogP contribution is 2.04. The number of hydrogen-bond donors (Lipinski definition) is 3. The summed E-state index contributed by atoms with van der Waals surface area (Å²) >= 11 is 0. The number of carbonyl (C=O) groups excluding carboxylic acids is 2. The summed E-state index contributed by atoms with van der Waals surface area (Å²) in [7, 11) is 1.88. The maximum Gasteiger partial charge on any atom is 0.318 e. The Morgan fingerprint density at radius 1 is 1.53 bits per heavy atom. The minimum absolute atomic E-state index is 0.160. The van der Waals surface area contributed by atoms with E-state index in [4.69, 9.17) is 10.5 Å². The average Bonchev–Trinajstić information content (AvgIpc) is 2.26. The smallest absolute Gasteiger partial charge is 0.318 e. The minimum atomic E-state index is -0.801. The topological polar surface area (TPSA) is 96.7 Å². The number of imide groups is 1. The molecule has 1 fully saturated rings. The maximum atomic E-state index is 11.2. The minimum Gasteiger partial charge on any atom is -0.374 e. The second-order valence-electron chi connectivity index (χ2n) is 4.01. The second-order valence-corrected chi connectivity index (χ2v) is 4.01. The van der Waals surface area contributed by atoms with E-state index in [0.29, 0.717) is 13.2 Å². The number of nitrogens with two attached hydrogens (primary N) is 1. The molecule has 0 aromatic carbocycles. The van der Waals surface area contributed by atoms with Crippen LogP contribution in [0.15, 0.2) is 0 Å². The van der Waals surface area contributed by atoms with Gasteiger partial charge in [0.05, 0.1) is 12.7 Å². The van der Waals surface area contributed by atoms with Gasteiger partial charge in [-0.05, 0) is 7.05 Å². The second kappa shape index (κ2) is 7.21. The predicted octanol–water partition coefficient (Wildman–Crippen LogP) is -1.51. The van der Waals surface area contributed by atoms with Crippen molar-refractivity contribution < 1.29 is 14.3 Å².